The van der Waals surface area contributed by atoms with E-state index >= 15 is 0 Å². The Hall–Kier alpha value is -0.480. The van der Waals surface area contributed by atoms with Gasteiger partial charge in [0.1, 0.15) is 5.75 Å². The summed E-state index contributed by atoms with van der Waals surface area (Å²) in [5, 5.41) is 2.73. The zero-order chi connectivity index (χ0) is 11.4. The highest BCUT2D eigenvalue weighted by Crippen LogP contribution is 2.27. The number of alkyl halides is 1. The summed E-state index contributed by atoms with van der Waals surface area (Å²) in [5.41, 5.74) is 1.19. The van der Waals surface area contributed by atoms with Crippen molar-refractivity contribution in [3.8, 4) is 5.75 Å². The highest BCUT2D eigenvalue weighted by atomic mass is 79.9. The van der Waals surface area contributed by atoms with Crippen molar-refractivity contribution in [3.63, 3.8) is 0 Å². The van der Waals surface area contributed by atoms with Gasteiger partial charge in [-0.2, -0.15) is 0 Å². The zero-order valence-electron chi connectivity index (χ0n) is 9.15. The molecule has 0 aromatic heterocycles. The summed E-state index contributed by atoms with van der Waals surface area (Å²) in [5.74, 6) is 0.923. The van der Waals surface area contributed by atoms with Gasteiger partial charge in [-0.15, -0.1) is 11.8 Å². The summed E-state index contributed by atoms with van der Waals surface area (Å²) in [7, 11) is 0. The summed E-state index contributed by atoms with van der Waals surface area (Å²) in [4.78, 5) is 4.54. The van der Waals surface area contributed by atoms with Crippen LogP contribution >= 0.6 is 27.7 Å². The maximum absolute atomic E-state index is 5.41. The highest BCUT2D eigenvalue weighted by molar-refractivity contribution is 9.09. The first-order chi connectivity index (χ1) is 7.83. The Kier molecular flexibility index (Phi) is 4.29. The van der Waals surface area contributed by atoms with Gasteiger partial charge in [-0.25, -0.2) is 0 Å². The molecule has 0 spiro atoms. The standard InChI is InChI=1S/C12H14BrNOS/c1-2-15-10-5-3-9(4-6-10)12-14-8-11(7-13)16-12/h3-6,11H,2,7-8H2,1H3/t11-/m1/s1. The minimum Gasteiger partial charge on any atom is -0.494 e. The molecule has 16 heavy (non-hydrogen) atoms. The Bertz CT molecular complexity index is 377. The molecule has 1 aliphatic heterocycles. The van der Waals surface area contributed by atoms with Crippen LogP contribution in [-0.4, -0.2) is 28.8 Å². The second kappa shape index (κ2) is 5.73. The molecule has 86 valence electrons. The fourth-order valence-electron chi connectivity index (χ4n) is 1.52. The first kappa shape index (κ1) is 12.0. The molecule has 0 saturated heterocycles. The van der Waals surface area contributed by atoms with Gasteiger partial charge >= 0.3 is 0 Å². The summed E-state index contributed by atoms with van der Waals surface area (Å²) in [6.45, 7) is 3.62. The van der Waals surface area contributed by atoms with Gasteiger partial charge < -0.3 is 4.74 Å². The van der Waals surface area contributed by atoms with Crippen LogP contribution in [0, 0.1) is 0 Å². The van der Waals surface area contributed by atoms with Gasteiger partial charge in [0.2, 0.25) is 0 Å². The molecule has 0 unspecified atom stereocenters. The van der Waals surface area contributed by atoms with Crippen molar-refractivity contribution in [2.45, 2.75) is 12.2 Å². The van der Waals surface area contributed by atoms with E-state index in [9.17, 15) is 0 Å². The lowest BCUT2D eigenvalue weighted by Gasteiger charge is -2.05. The van der Waals surface area contributed by atoms with E-state index in [2.05, 4.69) is 33.1 Å². The van der Waals surface area contributed by atoms with Crippen molar-refractivity contribution in [2.24, 2.45) is 4.99 Å². The van der Waals surface area contributed by atoms with Crippen molar-refractivity contribution in [1.82, 2.24) is 0 Å². The Balaban J connectivity index is 2.05. The summed E-state index contributed by atoms with van der Waals surface area (Å²) >= 11 is 5.34. The van der Waals surface area contributed by atoms with Crippen LogP contribution in [0.4, 0.5) is 0 Å². The maximum atomic E-state index is 5.41. The third-order valence-corrected chi connectivity index (χ3v) is 4.75. The molecule has 1 aromatic rings. The average molecular weight is 300 g/mol. The van der Waals surface area contributed by atoms with E-state index in [1.807, 2.05) is 30.8 Å². The van der Waals surface area contributed by atoms with E-state index in [4.69, 9.17) is 4.74 Å². The first-order valence-corrected chi connectivity index (χ1v) is 7.34. The third kappa shape index (κ3) is 2.80. The van der Waals surface area contributed by atoms with E-state index in [1.165, 1.54) is 5.56 Å². The molecule has 0 N–H and O–H groups in total. The van der Waals surface area contributed by atoms with Crippen molar-refractivity contribution >= 4 is 32.7 Å². The van der Waals surface area contributed by atoms with Crippen LogP contribution in [0.3, 0.4) is 0 Å². The molecule has 0 aliphatic carbocycles. The second-order valence-corrected chi connectivity index (χ2v) is 5.43. The quantitative estimate of drug-likeness (QED) is 0.795. The summed E-state index contributed by atoms with van der Waals surface area (Å²) in [6, 6.07) is 8.16. The fourth-order valence-corrected chi connectivity index (χ4v) is 3.07. The molecule has 0 radical (unpaired) electrons. The van der Waals surface area contributed by atoms with Crippen molar-refractivity contribution < 1.29 is 4.74 Å². The monoisotopic (exact) mass is 299 g/mol. The predicted molar refractivity (Wildman–Crippen MR) is 74.2 cm³/mol. The Morgan fingerprint density at radius 1 is 1.44 bits per heavy atom. The lowest BCUT2D eigenvalue weighted by molar-refractivity contribution is 0.340. The number of hydrogen-bond acceptors (Lipinski definition) is 3. The van der Waals surface area contributed by atoms with Crippen LogP contribution in [-0.2, 0) is 0 Å². The largest absolute Gasteiger partial charge is 0.494 e. The Morgan fingerprint density at radius 3 is 2.75 bits per heavy atom. The minimum atomic E-state index is 0.585. The Morgan fingerprint density at radius 2 is 2.19 bits per heavy atom. The van der Waals surface area contributed by atoms with Gasteiger partial charge in [0.15, 0.2) is 0 Å². The molecule has 0 fully saturated rings. The lowest BCUT2D eigenvalue weighted by Crippen LogP contribution is -2.03. The molecule has 4 heteroatoms. The van der Waals surface area contributed by atoms with Crippen LogP contribution in [0.5, 0.6) is 5.75 Å². The molecule has 0 amide bonds. The van der Waals surface area contributed by atoms with Crippen LogP contribution in [0.1, 0.15) is 12.5 Å². The predicted octanol–water partition coefficient (Wildman–Crippen LogP) is 3.34. The number of rotatable bonds is 4. The van der Waals surface area contributed by atoms with Gasteiger partial charge in [-0.3, -0.25) is 4.99 Å². The summed E-state index contributed by atoms with van der Waals surface area (Å²) in [6.07, 6.45) is 0. The molecule has 1 aromatic carbocycles. The number of thioether (sulfide) groups is 1. The van der Waals surface area contributed by atoms with E-state index in [1.54, 1.807) is 0 Å². The van der Waals surface area contributed by atoms with Crippen LogP contribution < -0.4 is 4.74 Å². The average Bonchev–Trinajstić information content (AvgIpc) is 2.79. The normalized spacial score (nSPS) is 19.6. The molecule has 1 heterocycles. The van der Waals surface area contributed by atoms with E-state index < -0.39 is 0 Å². The maximum Gasteiger partial charge on any atom is 0.119 e. The highest BCUT2D eigenvalue weighted by Gasteiger charge is 2.19. The van der Waals surface area contributed by atoms with Crippen LogP contribution in [0.25, 0.3) is 0 Å². The molecule has 0 saturated carbocycles. The molecule has 1 aliphatic rings. The number of nitrogens with zero attached hydrogens (tertiary/aromatic N) is 1. The number of benzene rings is 1. The van der Waals surface area contributed by atoms with Gasteiger partial charge in [0.25, 0.3) is 0 Å². The third-order valence-electron chi connectivity index (χ3n) is 2.30. The SMILES string of the molecule is CCOc1ccc(C2=NC[C@@H](CBr)S2)cc1. The molecular formula is C12H14BrNOS. The Labute approximate surface area is 109 Å². The first-order valence-electron chi connectivity index (χ1n) is 5.33. The van der Waals surface area contributed by atoms with Gasteiger partial charge in [-0.05, 0) is 31.2 Å². The molecular weight excluding hydrogens is 286 g/mol. The molecule has 2 nitrogen and oxygen atoms in total. The van der Waals surface area contributed by atoms with E-state index in [0.29, 0.717) is 11.9 Å². The smallest absolute Gasteiger partial charge is 0.119 e. The fraction of sp³-hybridized carbons (Fsp3) is 0.417. The van der Waals surface area contributed by atoms with E-state index in [-0.39, 0.29) is 0 Å². The van der Waals surface area contributed by atoms with Gasteiger partial charge in [0.05, 0.1) is 18.2 Å². The van der Waals surface area contributed by atoms with Crippen molar-refractivity contribution in [1.29, 1.82) is 0 Å². The second-order valence-electron chi connectivity index (χ2n) is 3.50. The number of hydrogen-bond donors (Lipinski definition) is 0. The lowest BCUT2D eigenvalue weighted by atomic mass is 10.2. The topological polar surface area (TPSA) is 21.6 Å². The van der Waals surface area contributed by atoms with E-state index in [0.717, 1.165) is 22.7 Å². The molecule has 1 atom stereocenters. The molecule has 2 rings (SSSR count). The zero-order valence-corrected chi connectivity index (χ0v) is 11.6. The van der Waals surface area contributed by atoms with Crippen LogP contribution in [0.15, 0.2) is 29.3 Å². The minimum absolute atomic E-state index is 0.585. The number of halogens is 1. The van der Waals surface area contributed by atoms with Gasteiger partial charge in [0, 0.05) is 16.1 Å². The van der Waals surface area contributed by atoms with Crippen LogP contribution in [0.2, 0.25) is 0 Å². The summed E-state index contributed by atoms with van der Waals surface area (Å²) < 4.78 is 5.41. The number of aliphatic imine (C=N–C) groups is 1. The van der Waals surface area contributed by atoms with Gasteiger partial charge in [-0.1, -0.05) is 15.9 Å². The number of ether oxygens (including phenoxy) is 1. The van der Waals surface area contributed by atoms with Crippen molar-refractivity contribution in [3.05, 3.63) is 29.8 Å². The molecule has 0 bridgehead atoms. The van der Waals surface area contributed by atoms with Crippen molar-refractivity contribution in [2.75, 3.05) is 18.5 Å².